The SMILES string of the molecule is Cn1c(Nc2c(Cl)cncc2Cl)nc2cc(C(=O)NC3CCC(C(F)(F)F)CC3)c(OCCF)nc21. The number of hydrogen-bond acceptors (Lipinski definition) is 6. The first-order chi connectivity index (χ1) is 17.1. The lowest BCUT2D eigenvalue weighted by molar-refractivity contribution is -0.182. The maximum Gasteiger partial charge on any atom is 0.391 e. The van der Waals surface area contributed by atoms with Crippen molar-refractivity contribution in [3.05, 3.63) is 34.1 Å². The van der Waals surface area contributed by atoms with Crippen LogP contribution in [0.1, 0.15) is 36.0 Å². The molecule has 2 N–H and O–H groups in total. The van der Waals surface area contributed by atoms with Crippen molar-refractivity contribution in [2.75, 3.05) is 18.6 Å². The molecular weight excluding hydrogens is 527 g/mol. The number of nitrogens with zero attached hydrogens (tertiary/aromatic N) is 4. The number of fused-ring (bicyclic) bond motifs is 1. The van der Waals surface area contributed by atoms with Gasteiger partial charge in [0.1, 0.15) is 24.4 Å². The number of pyridine rings is 2. The molecule has 1 saturated carbocycles. The minimum atomic E-state index is -4.24. The van der Waals surface area contributed by atoms with Gasteiger partial charge in [-0.3, -0.25) is 14.3 Å². The van der Waals surface area contributed by atoms with Gasteiger partial charge in [0, 0.05) is 25.5 Å². The molecule has 8 nitrogen and oxygen atoms in total. The smallest absolute Gasteiger partial charge is 0.391 e. The third-order valence-electron chi connectivity index (χ3n) is 5.99. The highest BCUT2D eigenvalue weighted by atomic mass is 35.5. The zero-order valence-electron chi connectivity index (χ0n) is 19.0. The number of imidazole rings is 1. The standard InChI is InChI=1S/C22H22Cl2F4N6O2/c1-34-18-16(31-21(34)32-17-14(23)9-29-10-15(17)24)8-13(20(33-18)36-7-6-25)19(35)30-12-4-2-11(3-5-12)22(26,27)28/h8-12H,2-7H2,1H3,(H,30,35)(H,29,31,32). The predicted molar refractivity (Wildman–Crippen MR) is 127 cm³/mol. The van der Waals surface area contributed by atoms with Crippen molar-refractivity contribution < 1.29 is 27.1 Å². The Morgan fingerprint density at radius 1 is 1.17 bits per heavy atom. The molecule has 0 unspecified atom stereocenters. The third-order valence-corrected chi connectivity index (χ3v) is 6.56. The molecule has 1 amide bonds. The molecule has 3 aromatic rings. The second-order valence-electron chi connectivity index (χ2n) is 8.38. The zero-order chi connectivity index (χ0) is 26.0. The van der Waals surface area contributed by atoms with Crippen LogP contribution in [-0.4, -0.2) is 50.9 Å². The zero-order valence-corrected chi connectivity index (χ0v) is 20.5. The molecule has 0 atom stereocenters. The van der Waals surface area contributed by atoms with E-state index in [2.05, 4.69) is 25.6 Å². The van der Waals surface area contributed by atoms with Crippen molar-refractivity contribution in [2.45, 2.75) is 37.9 Å². The highest BCUT2D eigenvalue weighted by molar-refractivity contribution is 6.39. The Bertz CT molecular complexity index is 1240. The Balaban J connectivity index is 1.60. The normalized spacial score (nSPS) is 18.3. The average Bonchev–Trinajstić information content (AvgIpc) is 3.13. The molecule has 0 radical (unpaired) electrons. The van der Waals surface area contributed by atoms with Crippen molar-refractivity contribution in [1.82, 2.24) is 24.8 Å². The number of alkyl halides is 4. The number of aromatic nitrogens is 4. The van der Waals surface area contributed by atoms with E-state index >= 15 is 0 Å². The van der Waals surface area contributed by atoms with Crippen molar-refractivity contribution in [3.8, 4) is 5.88 Å². The van der Waals surface area contributed by atoms with Gasteiger partial charge in [-0.05, 0) is 31.7 Å². The van der Waals surface area contributed by atoms with Crippen LogP contribution in [0.2, 0.25) is 10.0 Å². The number of anilines is 2. The van der Waals surface area contributed by atoms with E-state index in [4.69, 9.17) is 27.9 Å². The number of amides is 1. The van der Waals surface area contributed by atoms with Crippen molar-refractivity contribution in [1.29, 1.82) is 0 Å². The number of carbonyl (C=O) groups excluding carboxylic acids is 1. The van der Waals surface area contributed by atoms with E-state index in [0.717, 1.165) is 0 Å². The summed E-state index contributed by atoms with van der Waals surface area (Å²) in [6, 6.07) is 1.01. The van der Waals surface area contributed by atoms with Crippen LogP contribution in [0.3, 0.4) is 0 Å². The number of aryl methyl sites for hydroxylation is 1. The Morgan fingerprint density at radius 3 is 2.44 bits per heavy atom. The van der Waals surface area contributed by atoms with Crippen LogP contribution in [0.5, 0.6) is 5.88 Å². The molecule has 3 heterocycles. The molecule has 4 rings (SSSR count). The Labute approximate surface area is 213 Å². The molecule has 0 saturated heterocycles. The number of ether oxygens (including phenoxy) is 1. The summed E-state index contributed by atoms with van der Waals surface area (Å²) in [5, 5.41) is 6.28. The van der Waals surface area contributed by atoms with Crippen LogP contribution < -0.4 is 15.4 Å². The highest BCUT2D eigenvalue weighted by Gasteiger charge is 2.41. The van der Waals surface area contributed by atoms with Crippen LogP contribution in [0.25, 0.3) is 11.2 Å². The number of halogens is 6. The summed E-state index contributed by atoms with van der Waals surface area (Å²) >= 11 is 12.3. The van der Waals surface area contributed by atoms with E-state index in [0.29, 0.717) is 22.8 Å². The lowest BCUT2D eigenvalue weighted by atomic mass is 9.85. The average molecular weight is 549 g/mol. The van der Waals surface area contributed by atoms with Gasteiger partial charge in [-0.25, -0.2) is 9.37 Å². The van der Waals surface area contributed by atoms with Gasteiger partial charge in [-0.1, -0.05) is 23.2 Å². The fourth-order valence-electron chi connectivity index (χ4n) is 4.09. The molecule has 1 aliphatic rings. The largest absolute Gasteiger partial charge is 0.474 e. The summed E-state index contributed by atoms with van der Waals surface area (Å²) < 4.78 is 58.7. The summed E-state index contributed by atoms with van der Waals surface area (Å²) in [6.45, 7) is -1.14. The molecule has 0 aliphatic heterocycles. The van der Waals surface area contributed by atoms with E-state index in [9.17, 15) is 22.4 Å². The first-order valence-electron chi connectivity index (χ1n) is 11.1. The Kier molecular flexibility index (Phi) is 7.74. The molecule has 194 valence electrons. The van der Waals surface area contributed by atoms with E-state index in [1.807, 2.05) is 0 Å². The molecule has 36 heavy (non-hydrogen) atoms. The maximum atomic E-state index is 13.1. The third kappa shape index (κ3) is 5.59. The minimum Gasteiger partial charge on any atom is -0.474 e. The fourth-order valence-corrected chi connectivity index (χ4v) is 4.54. The van der Waals surface area contributed by atoms with Gasteiger partial charge in [0.05, 0.1) is 21.7 Å². The topological polar surface area (TPSA) is 94.0 Å². The second-order valence-corrected chi connectivity index (χ2v) is 9.20. The van der Waals surface area contributed by atoms with Crippen LogP contribution in [0.4, 0.5) is 29.2 Å². The summed E-state index contributed by atoms with van der Waals surface area (Å²) in [5.41, 5.74) is 1.02. The van der Waals surface area contributed by atoms with Crippen LogP contribution in [-0.2, 0) is 7.05 Å². The first kappa shape index (κ1) is 26.2. The highest BCUT2D eigenvalue weighted by Crippen LogP contribution is 2.38. The summed E-state index contributed by atoms with van der Waals surface area (Å²) in [4.78, 5) is 25.8. The van der Waals surface area contributed by atoms with Crippen LogP contribution in [0.15, 0.2) is 18.5 Å². The molecule has 0 aromatic carbocycles. The van der Waals surface area contributed by atoms with Gasteiger partial charge in [0.25, 0.3) is 5.91 Å². The van der Waals surface area contributed by atoms with Crippen molar-refractivity contribution in [3.63, 3.8) is 0 Å². The van der Waals surface area contributed by atoms with Crippen LogP contribution >= 0.6 is 23.2 Å². The summed E-state index contributed by atoms with van der Waals surface area (Å²) in [7, 11) is 1.66. The predicted octanol–water partition coefficient (Wildman–Crippen LogP) is 5.61. The summed E-state index contributed by atoms with van der Waals surface area (Å²) in [5.74, 6) is -1.77. The number of rotatable bonds is 7. The molecular formula is C22H22Cl2F4N6O2. The lowest BCUT2D eigenvalue weighted by Crippen LogP contribution is -2.40. The molecule has 0 spiro atoms. The van der Waals surface area contributed by atoms with Gasteiger partial charge < -0.3 is 15.4 Å². The van der Waals surface area contributed by atoms with Gasteiger partial charge in [0.2, 0.25) is 11.8 Å². The Hall–Kier alpha value is -2.86. The number of hydrogen-bond donors (Lipinski definition) is 2. The molecule has 0 bridgehead atoms. The van der Waals surface area contributed by atoms with Gasteiger partial charge in [0.15, 0.2) is 5.65 Å². The van der Waals surface area contributed by atoms with E-state index in [1.54, 1.807) is 11.6 Å². The van der Waals surface area contributed by atoms with Gasteiger partial charge in [-0.2, -0.15) is 18.2 Å². The lowest BCUT2D eigenvalue weighted by Gasteiger charge is -2.30. The second kappa shape index (κ2) is 10.6. The Morgan fingerprint density at radius 2 is 1.83 bits per heavy atom. The quantitative estimate of drug-likeness (QED) is 0.372. The monoisotopic (exact) mass is 548 g/mol. The number of nitrogens with one attached hydrogen (secondary N) is 2. The first-order valence-corrected chi connectivity index (χ1v) is 11.8. The van der Waals surface area contributed by atoms with E-state index in [1.165, 1.54) is 18.5 Å². The van der Waals surface area contributed by atoms with Crippen molar-refractivity contribution in [2.24, 2.45) is 13.0 Å². The molecule has 14 heteroatoms. The van der Waals surface area contributed by atoms with E-state index < -0.39 is 30.7 Å². The van der Waals surface area contributed by atoms with Gasteiger partial charge >= 0.3 is 6.18 Å². The maximum absolute atomic E-state index is 13.1. The molecule has 3 aromatic heterocycles. The summed E-state index contributed by atoms with van der Waals surface area (Å²) in [6.07, 6.45) is -1.17. The molecule has 1 fully saturated rings. The minimum absolute atomic E-state index is 0.00137. The molecule has 1 aliphatic carbocycles. The van der Waals surface area contributed by atoms with E-state index in [-0.39, 0.29) is 53.8 Å². The fraction of sp³-hybridized carbons (Fsp3) is 0.455. The number of carbonyl (C=O) groups is 1. The van der Waals surface area contributed by atoms with Crippen molar-refractivity contribution >= 4 is 51.9 Å². The van der Waals surface area contributed by atoms with Gasteiger partial charge in [-0.15, -0.1) is 0 Å². The van der Waals surface area contributed by atoms with Crippen LogP contribution in [0, 0.1) is 5.92 Å².